The number of carboxylic acid groups (broad SMARTS) is 1. The van der Waals surface area contributed by atoms with E-state index in [1.54, 1.807) is 0 Å². The molecule has 0 amide bonds. The fourth-order valence-corrected chi connectivity index (χ4v) is 5.66. The van der Waals surface area contributed by atoms with Crippen LogP contribution in [0, 0.1) is 11.3 Å². The third-order valence-electron chi connectivity index (χ3n) is 7.27. The van der Waals surface area contributed by atoms with Gasteiger partial charge in [0.15, 0.2) is 0 Å². The third kappa shape index (κ3) is 2.62. The van der Waals surface area contributed by atoms with E-state index in [1.165, 1.54) is 0 Å². The van der Waals surface area contributed by atoms with Crippen molar-refractivity contribution in [3.8, 4) is 0 Å². The number of hydrogen-bond acceptors (Lipinski definition) is 3. The zero-order chi connectivity index (χ0) is 19.9. The van der Waals surface area contributed by atoms with E-state index in [4.69, 9.17) is 0 Å². The average Bonchev–Trinajstić information content (AvgIpc) is 3.01. The van der Waals surface area contributed by atoms with E-state index in [1.807, 2.05) is 55.5 Å². The second kappa shape index (κ2) is 6.85. The lowest BCUT2D eigenvalue weighted by atomic mass is 9.50. The summed E-state index contributed by atoms with van der Waals surface area (Å²) in [5, 5.41) is 10.5. The SMILES string of the molecule is CC1C2C(=O)CCC(C)(c3ccccc3)C2(C(=O)O)CN1Cc1ccccc1. The largest absolute Gasteiger partial charge is 0.481 e. The van der Waals surface area contributed by atoms with E-state index in [-0.39, 0.29) is 11.8 Å². The zero-order valence-corrected chi connectivity index (χ0v) is 16.5. The highest BCUT2D eigenvalue weighted by molar-refractivity contribution is 5.93. The molecule has 4 heteroatoms. The van der Waals surface area contributed by atoms with Gasteiger partial charge in [0, 0.05) is 31.0 Å². The van der Waals surface area contributed by atoms with Crippen molar-refractivity contribution in [1.82, 2.24) is 4.90 Å². The Bertz CT molecular complexity index is 881. The van der Waals surface area contributed by atoms with Crippen molar-refractivity contribution >= 4 is 11.8 Å². The Balaban J connectivity index is 1.81. The van der Waals surface area contributed by atoms with Gasteiger partial charge in [-0.1, -0.05) is 67.6 Å². The van der Waals surface area contributed by atoms with E-state index in [9.17, 15) is 14.7 Å². The van der Waals surface area contributed by atoms with Gasteiger partial charge in [-0.3, -0.25) is 14.5 Å². The molecule has 0 bridgehead atoms. The minimum absolute atomic E-state index is 0.0962. The first kappa shape index (κ1) is 18.9. The molecule has 146 valence electrons. The maximum absolute atomic E-state index is 13.0. The number of fused-ring (bicyclic) bond motifs is 1. The lowest BCUT2D eigenvalue weighted by Gasteiger charge is -2.50. The number of Topliss-reactive ketones (excluding diaryl/α,β-unsaturated/α-hetero) is 1. The summed E-state index contributed by atoms with van der Waals surface area (Å²) in [7, 11) is 0. The first-order chi connectivity index (χ1) is 13.4. The molecule has 2 aromatic rings. The van der Waals surface area contributed by atoms with Crippen molar-refractivity contribution in [1.29, 1.82) is 0 Å². The Morgan fingerprint density at radius 2 is 1.71 bits per heavy atom. The van der Waals surface area contributed by atoms with Gasteiger partial charge in [0.25, 0.3) is 0 Å². The number of carbonyl (C=O) groups is 2. The number of rotatable bonds is 4. The van der Waals surface area contributed by atoms with Gasteiger partial charge >= 0.3 is 5.97 Å². The summed E-state index contributed by atoms with van der Waals surface area (Å²) in [5.41, 5.74) is 0.460. The summed E-state index contributed by atoms with van der Waals surface area (Å²) in [6.45, 7) is 5.12. The summed E-state index contributed by atoms with van der Waals surface area (Å²) in [5.74, 6) is -1.24. The van der Waals surface area contributed by atoms with Crippen LogP contribution in [0.1, 0.15) is 37.8 Å². The molecule has 1 aliphatic carbocycles. The van der Waals surface area contributed by atoms with Crippen molar-refractivity contribution in [2.45, 2.75) is 44.7 Å². The number of ketones is 1. The number of aliphatic carboxylic acids is 1. The number of carbonyl (C=O) groups excluding carboxylic acids is 1. The Kier molecular flexibility index (Phi) is 4.62. The van der Waals surface area contributed by atoms with Crippen LogP contribution >= 0.6 is 0 Å². The monoisotopic (exact) mass is 377 g/mol. The third-order valence-corrected chi connectivity index (χ3v) is 7.27. The zero-order valence-electron chi connectivity index (χ0n) is 16.5. The Morgan fingerprint density at radius 3 is 2.32 bits per heavy atom. The maximum Gasteiger partial charge on any atom is 0.312 e. The van der Waals surface area contributed by atoms with Crippen LogP contribution in [0.4, 0.5) is 0 Å². The van der Waals surface area contributed by atoms with E-state index in [0.717, 1.165) is 11.1 Å². The second-order valence-electron chi connectivity index (χ2n) is 8.55. The number of hydrogen-bond donors (Lipinski definition) is 1. The molecule has 2 fully saturated rings. The molecule has 4 atom stereocenters. The first-order valence-electron chi connectivity index (χ1n) is 10.00. The molecular weight excluding hydrogens is 350 g/mol. The molecule has 1 aliphatic heterocycles. The van der Waals surface area contributed by atoms with Gasteiger partial charge in [-0.05, 0) is 24.5 Å². The highest BCUT2D eigenvalue weighted by atomic mass is 16.4. The maximum atomic E-state index is 13.0. The van der Waals surface area contributed by atoms with Gasteiger partial charge in [0.1, 0.15) is 11.2 Å². The van der Waals surface area contributed by atoms with Gasteiger partial charge < -0.3 is 5.11 Å². The minimum atomic E-state index is -1.11. The highest BCUT2D eigenvalue weighted by Crippen LogP contribution is 2.59. The van der Waals surface area contributed by atoms with Crippen LogP contribution in [0.15, 0.2) is 60.7 Å². The average molecular weight is 377 g/mol. The molecule has 4 rings (SSSR count). The Morgan fingerprint density at radius 1 is 1.11 bits per heavy atom. The molecule has 1 N–H and O–H groups in total. The van der Waals surface area contributed by atoms with Crippen molar-refractivity contribution in [3.63, 3.8) is 0 Å². The van der Waals surface area contributed by atoms with Crippen LogP contribution in [0.25, 0.3) is 0 Å². The quantitative estimate of drug-likeness (QED) is 0.878. The number of likely N-dealkylation sites (tertiary alicyclic amines) is 1. The van der Waals surface area contributed by atoms with Crippen LogP contribution in [0.5, 0.6) is 0 Å². The molecule has 2 aliphatic rings. The lowest BCUT2D eigenvalue weighted by molar-refractivity contribution is -0.163. The van der Waals surface area contributed by atoms with Crippen LogP contribution in [0.3, 0.4) is 0 Å². The fraction of sp³-hybridized carbons (Fsp3) is 0.417. The van der Waals surface area contributed by atoms with E-state index < -0.39 is 22.7 Å². The number of benzene rings is 2. The van der Waals surface area contributed by atoms with Gasteiger partial charge in [-0.15, -0.1) is 0 Å². The van der Waals surface area contributed by atoms with Crippen LogP contribution in [0.2, 0.25) is 0 Å². The standard InChI is InChI=1S/C24H27NO3/c1-17-21-20(26)13-14-23(2,19-11-7-4-8-12-19)24(21,22(27)28)16-25(17)15-18-9-5-3-6-10-18/h3-12,17,21H,13-16H2,1-2H3,(H,27,28). The van der Waals surface area contributed by atoms with E-state index in [0.29, 0.717) is 25.9 Å². The number of nitrogens with zero attached hydrogens (tertiary/aromatic N) is 1. The predicted molar refractivity (Wildman–Crippen MR) is 108 cm³/mol. The normalized spacial score (nSPS) is 32.9. The van der Waals surface area contributed by atoms with E-state index >= 15 is 0 Å². The molecule has 4 unspecified atom stereocenters. The first-order valence-corrected chi connectivity index (χ1v) is 10.00. The van der Waals surface area contributed by atoms with Crippen molar-refractivity contribution in [3.05, 3.63) is 71.8 Å². The van der Waals surface area contributed by atoms with Gasteiger partial charge in [-0.25, -0.2) is 0 Å². The topological polar surface area (TPSA) is 57.6 Å². The summed E-state index contributed by atoms with van der Waals surface area (Å²) in [6.07, 6.45) is 1.01. The molecule has 0 aromatic heterocycles. The van der Waals surface area contributed by atoms with Crippen LogP contribution in [-0.2, 0) is 21.5 Å². The Hall–Kier alpha value is -2.46. The van der Waals surface area contributed by atoms with Crippen molar-refractivity contribution in [2.24, 2.45) is 11.3 Å². The molecule has 1 heterocycles. The minimum Gasteiger partial charge on any atom is -0.481 e. The Labute approximate surface area is 166 Å². The highest BCUT2D eigenvalue weighted by Gasteiger charge is 2.69. The second-order valence-corrected chi connectivity index (χ2v) is 8.55. The molecule has 0 spiro atoms. The fourth-order valence-electron chi connectivity index (χ4n) is 5.66. The smallest absolute Gasteiger partial charge is 0.312 e. The van der Waals surface area contributed by atoms with Crippen LogP contribution in [-0.4, -0.2) is 34.3 Å². The predicted octanol–water partition coefficient (Wildman–Crippen LogP) is 3.90. The molecule has 28 heavy (non-hydrogen) atoms. The molecule has 2 aromatic carbocycles. The molecule has 1 saturated carbocycles. The van der Waals surface area contributed by atoms with Gasteiger partial charge in [-0.2, -0.15) is 0 Å². The van der Waals surface area contributed by atoms with Crippen molar-refractivity contribution in [2.75, 3.05) is 6.54 Å². The van der Waals surface area contributed by atoms with Gasteiger partial charge in [0.2, 0.25) is 0 Å². The van der Waals surface area contributed by atoms with Gasteiger partial charge in [0.05, 0.1) is 5.92 Å². The summed E-state index contributed by atoms with van der Waals surface area (Å²) in [4.78, 5) is 28.1. The summed E-state index contributed by atoms with van der Waals surface area (Å²) < 4.78 is 0. The molecule has 0 radical (unpaired) electrons. The van der Waals surface area contributed by atoms with Crippen molar-refractivity contribution < 1.29 is 14.7 Å². The molecule has 1 saturated heterocycles. The van der Waals surface area contributed by atoms with E-state index in [2.05, 4.69) is 24.0 Å². The molecular formula is C24H27NO3. The summed E-state index contributed by atoms with van der Waals surface area (Å²) >= 11 is 0. The number of carboxylic acids is 1. The van der Waals surface area contributed by atoms with Crippen LogP contribution < -0.4 is 0 Å². The lowest BCUT2D eigenvalue weighted by Crippen LogP contribution is -2.59. The molecule has 4 nitrogen and oxygen atoms in total. The summed E-state index contributed by atoms with van der Waals surface area (Å²) in [6, 6.07) is 19.9.